The van der Waals surface area contributed by atoms with E-state index in [1.165, 1.54) is 10.6 Å². The number of benzene rings is 1. The molecule has 1 heterocycles. The van der Waals surface area contributed by atoms with E-state index in [4.69, 9.17) is 0 Å². The summed E-state index contributed by atoms with van der Waals surface area (Å²) in [6, 6.07) is 7.24. The van der Waals surface area contributed by atoms with Crippen molar-refractivity contribution >= 4 is 15.9 Å². The average molecular weight is 296 g/mol. The van der Waals surface area contributed by atoms with Gasteiger partial charge in [0.1, 0.15) is 0 Å². The number of aryl methyl sites for hydroxylation is 1. The van der Waals surface area contributed by atoms with Gasteiger partial charge in [-0.05, 0) is 31.9 Å². The van der Waals surface area contributed by atoms with E-state index in [2.05, 4.69) is 5.32 Å². The number of carbonyl (C=O) groups excluding carboxylic acids is 1. The molecular weight excluding hydrogens is 276 g/mol. The Kier molecular flexibility index (Phi) is 4.45. The predicted octanol–water partition coefficient (Wildman–Crippen LogP) is 1.15. The Morgan fingerprint density at radius 1 is 1.40 bits per heavy atom. The number of hydrogen-bond donors (Lipinski definition) is 1. The predicted molar refractivity (Wildman–Crippen MR) is 78.1 cm³/mol. The largest absolute Gasteiger partial charge is 0.348 e. The first kappa shape index (κ1) is 15.0. The van der Waals surface area contributed by atoms with Crippen LogP contribution in [0.15, 0.2) is 24.3 Å². The molecule has 1 aromatic carbocycles. The van der Waals surface area contributed by atoms with Crippen molar-refractivity contribution in [3.05, 3.63) is 35.4 Å². The monoisotopic (exact) mass is 296 g/mol. The summed E-state index contributed by atoms with van der Waals surface area (Å²) in [5.74, 6) is -0.144. The summed E-state index contributed by atoms with van der Waals surface area (Å²) in [6.45, 7) is 2.83. The van der Waals surface area contributed by atoms with Crippen LogP contribution < -0.4 is 5.32 Å². The Balaban J connectivity index is 2.01. The van der Waals surface area contributed by atoms with Crippen LogP contribution in [0.2, 0.25) is 0 Å². The molecule has 2 rings (SSSR count). The van der Waals surface area contributed by atoms with Crippen molar-refractivity contribution in [3.8, 4) is 0 Å². The Labute approximate surface area is 120 Å². The van der Waals surface area contributed by atoms with Crippen LogP contribution in [0.25, 0.3) is 0 Å². The van der Waals surface area contributed by atoms with Crippen molar-refractivity contribution in [1.82, 2.24) is 9.62 Å². The standard InChI is InChI=1S/C14H20N2O3S/c1-11-5-3-6-12(9-11)14(17)15-13-7-4-8-16(10-13)20(2,18)19/h3,5-6,9,13H,4,7-8,10H2,1-2H3,(H,15,17). The SMILES string of the molecule is Cc1cccc(C(=O)NC2CCCN(S(C)(=O)=O)C2)c1. The van der Waals surface area contributed by atoms with Crippen molar-refractivity contribution in [2.75, 3.05) is 19.3 Å². The van der Waals surface area contributed by atoms with Crippen LogP contribution in [0.5, 0.6) is 0 Å². The minimum absolute atomic E-state index is 0.119. The molecule has 0 spiro atoms. The Morgan fingerprint density at radius 3 is 2.80 bits per heavy atom. The van der Waals surface area contributed by atoms with Gasteiger partial charge >= 0.3 is 0 Å². The van der Waals surface area contributed by atoms with Gasteiger partial charge in [-0.2, -0.15) is 0 Å². The number of hydrogen-bond acceptors (Lipinski definition) is 3. The van der Waals surface area contributed by atoms with Gasteiger partial charge in [-0.15, -0.1) is 0 Å². The number of nitrogens with one attached hydrogen (secondary N) is 1. The van der Waals surface area contributed by atoms with Crippen LogP contribution in [0.4, 0.5) is 0 Å². The number of carbonyl (C=O) groups is 1. The van der Waals surface area contributed by atoms with Crippen molar-refractivity contribution < 1.29 is 13.2 Å². The summed E-state index contributed by atoms with van der Waals surface area (Å²) >= 11 is 0. The molecule has 1 saturated heterocycles. The van der Waals surface area contributed by atoms with E-state index in [9.17, 15) is 13.2 Å². The third-order valence-electron chi connectivity index (χ3n) is 3.47. The summed E-state index contributed by atoms with van der Waals surface area (Å²) in [7, 11) is -3.18. The van der Waals surface area contributed by atoms with Gasteiger partial charge in [0.2, 0.25) is 10.0 Å². The molecule has 0 radical (unpaired) electrons. The van der Waals surface area contributed by atoms with E-state index >= 15 is 0 Å². The highest BCUT2D eigenvalue weighted by atomic mass is 32.2. The van der Waals surface area contributed by atoms with Crippen LogP contribution in [-0.4, -0.2) is 44.0 Å². The number of amides is 1. The zero-order valence-electron chi connectivity index (χ0n) is 11.8. The lowest BCUT2D eigenvalue weighted by Gasteiger charge is -2.31. The van der Waals surface area contributed by atoms with Gasteiger partial charge < -0.3 is 5.32 Å². The van der Waals surface area contributed by atoms with Crippen LogP contribution in [0.1, 0.15) is 28.8 Å². The normalized spacial score (nSPS) is 20.6. The minimum Gasteiger partial charge on any atom is -0.348 e. The number of piperidine rings is 1. The van der Waals surface area contributed by atoms with Gasteiger partial charge in [-0.1, -0.05) is 17.7 Å². The Hall–Kier alpha value is -1.40. The lowest BCUT2D eigenvalue weighted by Crippen LogP contribution is -2.49. The highest BCUT2D eigenvalue weighted by Crippen LogP contribution is 2.14. The summed E-state index contributed by atoms with van der Waals surface area (Å²) in [4.78, 5) is 12.1. The van der Waals surface area contributed by atoms with Gasteiger partial charge in [-0.25, -0.2) is 12.7 Å². The molecule has 0 aliphatic carbocycles. The molecule has 1 aliphatic heterocycles. The fraction of sp³-hybridized carbons (Fsp3) is 0.500. The molecule has 1 aromatic rings. The molecule has 6 heteroatoms. The fourth-order valence-electron chi connectivity index (χ4n) is 2.42. The van der Waals surface area contributed by atoms with Crippen LogP contribution in [0, 0.1) is 6.92 Å². The number of sulfonamides is 1. The topological polar surface area (TPSA) is 66.5 Å². The molecule has 0 saturated carbocycles. The van der Waals surface area contributed by atoms with E-state index in [1.54, 1.807) is 6.07 Å². The lowest BCUT2D eigenvalue weighted by molar-refractivity contribution is 0.0921. The molecular formula is C14H20N2O3S. The van der Waals surface area contributed by atoms with Gasteiger partial charge in [0.25, 0.3) is 5.91 Å². The third-order valence-corrected chi connectivity index (χ3v) is 4.74. The Bertz CT molecular complexity index is 598. The molecule has 5 nitrogen and oxygen atoms in total. The van der Waals surface area contributed by atoms with E-state index in [0.717, 1.165) is 18.4 Å². The lowest BCUT2D eigenvalue weighted by atomic mass is 10.1. The first-order valence-corrected chi connectivity index (χ1v) is 8.54. The van der Waals surface area contributed by atoms with E-state index < -0.39 is 10.0 Å². The summed E-state index contributed by atoms with van der Waals surface area (Å²) in [6.07, 6.45) is 2.78. The van der Waals surface area contributed by atoms with Gasteiger partial charge in [0.05, 0.1) is 6.26 Å². The van der Waals surface area contributed by atoms with Gasteiger partial charge in [-0.3, -0.25) is 4.79 Å². The zero-order chi connectivity index (χ0) is 14.8. The smallest absolute Gasteiger partial charge is 0.251 e. The van der Waals surface area contributed by atoms with Crippen molar-refractivity contribution in [1.29, 1.82) is 0 Å². The third kappa shape index (κ3) is 3.80. The molecule has 1 atom stereocenters. The maximum Gasteiger partial charge on any atom is 0.251 e. The van der Waals surface area contributed by atoms with Crippen molar-refractivity contribution in [2.45, 2.75) is 25.8 Å². The summed E-state index contributed by atoms with van der Waals surface area (Å²) in [5, 5.41) is 2.92. The van der Waals surface area contributed by atoms with E-state index in [0.29, 0.717) is 18.7 Å². The molecule has 0 bridgehead atoms. The molecule has 20 heavy (non-hydrogen) atoms. The Morgan fingerprint density at radius 2 is 2.15 bits per heavy atom. The molecule has 1 unspecified atom stereocenters. The second kappa shape index (κ2) is 5.93. The van der Waals surface area contributed by atoms with Crippen molar-refractivity contribution in [3.63, 3.8) is 0 Å². The van der Waals surface area contributed by atoms with E-state index in [1.807, 2.05) is 25.1 Å². The fourth-order valence-corrected chi connectivity index (χ4v) is 3.33. The maximum absolute atomic E-state index is 12.1. The molecule has 1 aliphatic rings. The average Bonchev–Trinajstić information content (AvgIpc) is 2.38. The van der Waals surface area contributed by atoms with Crippen LogP contribution in [-0.2, 0) is 10.0 Å². The molecule has 1 N–H and O–H groups in total. The highest BCUT2D eigenvalue weighted by Gasteiger charge is 2.26. The van der Waals surface area contributed by atoms with Crippen LogP contribution in [0.3, 0.4) is 0 Å². The second-order valence-corrected chi connectivity index (χ2v) is 7.29. The first-order chi connectivity index (χ1) is 9.36. The number of rotatable bonds is 3. The quantitative estimate of drug-likeness (QED) is 0.910. The maximum atomic E-state index is 12.1. The minimum atomic E-state index is -3.18. The summed E-state index contributed by atoms with van der Waals surface area (Å²) in [5.41, 5.74) is 1.64. The molecule has 1 fully saturated rings. The van der Waals surface area contributed by atoms with Crippen LogP contribution >= 0.6 is 0 Å². The summed E-state index contributed by atoms with van der Waals surface area (Å²) < 4.78 is 24.5. The molecule has 1 amide bonds. The van der Waals surface area contributed by atoms with Crippen molar-refractivity contribution in [2.24, 2.45) is 0 Å². The zero-order valence-corrected chi connectivity index (χ0v) is 12.6. The van der Waals surface area contributed by atoms with Gasteiger partial charge in [0, 0.05) is 24.7 Å². The molecule has 0 aromatic heterocycles. The van der Waals surface area contributed by atoms with Gasteiger partial charge in [0.15, 0.2) is 0 Å². The highest BCUT2D eigenvalue weighted by molar-refractivity contribution is 7.88. The molecule has 110 valence electrons. The van der Waals surface area contributed by atoms with E-state index in [-0.39, 0.29) is 11.9 Å². The first-order valence-electron chi connectivity index (χ1n) is 6.69. The number of nitrogens with zero attached hydrogens (tertiary/aromatic N) is 1. The second-order valence-electron chi connectivity index (χ2n) is 5.30.